The average molecular weight is 466 g/mol. The fourth-order valence-corrected chi connectivity index (χ4v) is 4.01. The molecule has 1 unspecified atom stereocenters. The SMILES string of the molecule is NC1=NC(c2cccc(Br)c2)(c2c[nH]c(=O)c(C(F)(F)F)c2)c2cccc(F)c21. The fourth-order valence-electron chi connectivity index (χ4n) is 3.61. The number of hydrogen-bond donors (Lipinski definition) is 2. The summed E-state index contributed by atoms with van der Waals surface area (Å²) in [4.78, 5) is 18.3. The van der Waals surface area contributed by atoms with Gasteiger partial charge in [0.05, 0.1) is 5.56 Å². The van der Waals surface area contributed by atoms with Crippen LogP contribution in [0.25, 0.3) is 0 Å². The first kappa shape index (κ1) is 19.4. The van der Waals surface area contributed by atoms with Crippen LogP contribution in [0.1, 0.15) is 27.8 Å². The molecule has 9 heteroatoms. The van der Waals surface area contributed by atoms with Gasteiger partial charge in [-0.1, -0.05) is 40.2 Å². The van der Waals surface area contributed by atoms with Crippen molar-refractivity contribution in [1.82, 2.24) is 4.98 Å². The molecule has 1 aliphatic heterocycles. The predicted molar refractivity (Wildman–Crippen MR) is 103 cm³/mol. The number of aromatic amines is 1. The minimum Gasteiger partial charge on any atom is -0.383 e. The summed E-state index contributed by atoms with van der Waals surface area (Å²) >= 11 is 3.34. The highest BCUT2D eigenvalue weighted by atomic mass is 79.9. The van der Waals surface area contributed by atoms with E-state index >= 15 is 0 Å². The second-order valence-corrected chi connectivity index (χ2v) is 7.42. The lowest BCUT2D eigenvalue weighted by molar-refractivity contribution is -0.138. The van der Waals surface area contributed by atoms with Gasteiger partial charge in [0.2, 0.25) is 0 Å². The smallest absolute Gasteiger partial charge is 0.383 e. The summed E-state index contributed by atoms with van der Waals surface area (Å²) in [6.45, 7) is 0. The van der Waals surface area contributed by atoms with Crippen LogP contribution in [0.4, 0.5) is 17.6 Å². The van der Waals surface area contributed by atoms with Crippen LogP contribution < -0.4 is 11.3 Å². The topological polar surface area (TPSA) is 71.2 Å². The number of aromatic nitrogens is 1. The first-order valence-electron chi connectivity index (χ1n) is 8.36. The Morgan fingerprint density at radius 3 is 2.48 bits per heavy atom. The lowest BCUT2D eigenvalue weighted by Gasteiger charge is -2.29. The van der Waals surface area contributed by atoms with Crippen LogP contribution in [0.3, 0.4) is 0 Å². The minimum absolute atomic E-state index is 0.00910. The van der Waals surface area contributed by atoms with Crippen molar-refractivity contribution in [2.45, 2.75) is 11.7 Å². The van der Waals surface area contributed by atoms with Gasteiger partial charge in [0, 0.05) is 21.8 Å². The lowest BCUT2D eigenvalue weighted by Crippen LogP contribution is -2.29. The zero-order chi connectivity index (χ0) is 21.0. The number of pyridine rings is 1. The number of hydrogen-bond acceptors (Lipinski definition) is 3. The molecule has 0 spiro atoms. The largest absolute Gasteiger partial charge is 0.421 e. The highest BCUT2D eigenvalue weighted by Gasteiger charge is 2.46. The maximum Gasteiger partial charge on any atom is 0.421 e. The molecule has 0 radical (unpaired) electrons. The quantitative estimate of drug-likeness (QED) is 0.553. The van der Waals surface area contributed by atoms with Gasteiger partial charge in [0.15, 0.2) is 0 Å². The number of halogens is 5. The first-order chi connectivity index (χ1) is 13.6. The molecule has 0 aliphatic carbocycles. The van der Waals surface area contributed by atoms with Crippen molar-refractivity contribution in [3.05, 3.63) is 103 Å². The van der Waals surface area contributed by atoms with E-state index in [1.165, 1.54) is 12.1 Å². The maximum absolute atomic E-state index is 14.5. The fraction of sp³-hybridized carbons (Fsp3) is 0.100. The highest BCUT2D eigenvalue weighted by Crippen LogP contribution is 2.47. The van der Waals surface area contributed by atoms with E-state index in [-0.39, 0.29) is 22.5 Å². The van der Waals surface area contributed by atoms with Gasteiger partial charge in [-0.3, -0.25) is 4.79 Å². The number of aliphatic imine (C=N–C) groups is 1. The second kappa shape index (κ2) is 6.55. The zero-order valence-corrected chi connectivity index (χ0v) is 16.1. The average Bonchev–Trinajstić information content (AvgIpc) is 2.96. The van der Waals surface area contributed by atoms with Gasteiger partial charge in [-0.05, 0) is 29.8 Å². The summed E-state index contributed by atoms with van der Waals surface area (Å²) in [6, 6.07) is 11.7. The molecule has 3 N–H and O–H groups in total. The number of nitrogens with two attached hydrogens (primary N) is 1. The van der Waals surface area contributed by atoms with Gasteiger partial charge >= 0.3 is 6.18 Å². The van der Waals surface area contributed by atoms with Crippen molar-refractivity contribution in [3.63, 3.8) is 0 Å². The van der Waals surface area contributed by atoms with E-state index in [1.54, 1.807) is 30.3 Å². The molecule has 0 saturated heterocycles. The van der Waals surface area contributed by atoms with Crippen LogP contribution in [0.2, 0.25) is 0 Å². The highest BCUT2D eigenvalue weighted by molar-refractivity contribution is 9.10. The van der Waals surface area contributed by atoms with Gasteiger partial charge in [-0.2, -0.15) is 13.2 Å². The molecule has 29 heavy (non-hydrogen) atoms. The van der Waals surface area contributed by atoms with Crippen molar-refractivity contribution < 1.29 is 17.6 Å². The van der Waals surface area contributed by atoms with Gasteiger partial charge in [0.25, 0.3) is 5.56 Å². The monoisotopic (exact) mass is 465 g/mol. The van der Waals surface area contributed by atoms with Crippen molar-refractivity contribution in [2.24, 2.45) is 10.7 Å². The molecule has 4 rings (SSSR count). The molecule has 148 valence electrons. The molecule has 2 heterocycles. The predicted octanol–water partition coefficient (Wildman–Crippen LogP) is 4.31. The van der Waals surface area contributed by atoms with E-state index in [0.29, 0.717) is 10.0 Å². The van der Waals surface area contributed by atoms with Crippen LogP contribution in [0, 0.1) is 5.82 Å². The Labute approximate surface area is 170 Å². The Bertz CT molecular complexity index is 1220. The summed E-state index contributed by atoms with van der Waals surface area (Å²) in [5.74, 6) is -0.779. The number of nitrogens with one attached hydrogen (secondary N) is 1. The summed E-state index contributed by atoms with van der Waals surface area (Å²) in [5, 5.41) is 0. The summed E-state index contributed by atoms with van der Waals surface area (Å²) < 4.78 is 55.4. The lowest BCUT2D eigenvalue weighted by atomic mass is 9.78. The summed E-state index contributed by atoms with van der Waals surface area (Å²) in [7, 11) is 0. The number of benzene rings is 2. The number of H-pyrrole nitrogens is 1. The van der Waals surface area contributed by atoms with E-state index in [2.05, 4.69) is 25.9 Å². The number of fused-ring (bicyclic) bond motifs is 1. The molecule has 0 bridgehead atoms. The number of nitrogens with zero attached hydrogens (tertiary/aromatic N) is 1. The molecule has 1 atom stereocenters. The second-order valence-electron chi connectivity index (χ2n) is 6.51. The Morgan fingerprint density at radius 2 is 1.79 bits per heavy atom. The minimum atomic E-state index is -4.87. The van der Waals surface area contributed by atoms with Gasteiger partial charge < -0.3 is 10.7 Å². The Hall–Kier alpha value is -2.94. The van der Waals surface area contributed by atoms with Crippen molar-refractivity contribution in [1.29, 1.82) is 0 Å². The molecule has 0 fully saturated rings. The number of rotatable bonds is 2. The van der Waals surface area contributed by atoms with Crippen LogP contribution in [-0.4, -0.2) is 10.8 Å². The third-order valence-electron chi connectivity index (χ3n) is 4.82. The summed E-state index contributed by atoms with van der Waals surface area (Å²) in [5.41, 5.74) is 2.56. The van der Waals surface area contributed by atoms with E-state index < -0.39 is 28.7 Å². The Morgan fingerprint density at radius 1 is 1.07 bits per heavy atom. The zero-order valence-electron chi connectivity index (χ0n) is 14.5. The molecule has 0 amide bonds. The van der Waals surface area contributed by atoms with Gasteiger partial charge in [0.1, 0.15) is 22.8 Å². The molecular formula is C20H12BrF4N3O. The molecular weight excluding hydrogens is 454 g/mol. The summed E-state index contributed by atoms with van der Waals surface area (Å²) in [6.07, 6.45) is -3.73. The van der Waals surface area contributed by atoms with Gasteiger partial charge in [-0.25, -0.2) is 9.38 Å². The first-order valence-corrected chi connectivity index (χ1v) is 9.15. The van der Waals surface area contributed by atoms with E-state index in [9.17, 15) is 22.4 Å². The van der Waals surface area contributed by atoms with Crippen LogP contribution in [-0.2, 0) is 11.7 Å². The third-order valence-corrected chi connectivity index (χ3v) is 5.31. The molecule has 3 aromatic rings. The third kappa shape index (κ3) is 2.96. The van der Waals surface area contributed by atoms with E-state index in [4.69, 9.17) is 5.73 Å². The number of amidine groups is 1. The van der Waals surface area contributed by atoms with Crippen molar-refractivity contribution >= 4 is 21.8 Å². The van der Waals surface area contributed by atoms with E-state index in [0.717, 1.165) is 12.3 Å². The van der Waals surface area contributed by atoms with Crippen molar-refractivity contribution in [2.75, 3.05) is 0 Å². The molecule has 1 aromatic heterocycles. The van der Waals surface area contributed by atoms with Crippen molar-refractivity contribution in [3.8, 4) is 0 Å². The Balaban J connectivity index is 2.12. The van der Waals surface area contributed by atoms with Crippen LogP contribution in [0.15, 0.2) is 69.0 Å². The molecule has 0 saturated carbocycles. The molecule has 4 nitrogen and oxygen atoms in total. The molecule has 1 aliphatic rings. The number of alkyl halides is 3. The van der Waals surface area contributed by atoms with Crippen LogP contribution in [0.5, 0.6) is 0 Å². The Kier molecular flexibility index (Phi) is 4.38. The van der Waals surface area contributed by atoms with Gasteiger partial charge in [-0.15, -0.1) is 0 Å². The maximum atomic E-state index is 14.5. The van der Waals surface area contributed by atoms with E-state index in [1.807, 2.05) is 0 Å². The molecule has 2 aromatic carbocycles. The standard InChI is InChI=1S/C20H12BrF4N3O/c21-12-4-1-3-10(7-12)19(11-8-14(20(23,24)25)18(29)27-9-11)13-5-2-6-15(22)16(13)17(26)28-19/h1-9H,(H2,26,28)(H,27,29). The normalized spacial score (nSPS) is 18.4. The van der Waals surface area contributed by atoms with Crippen LogP contribution >= 0.6 is 15.9 Å².